The van der Waals surface area contributed by atoms with Gasteiger partial charge in [0.05, 0.1) is 19.1 Å². The van der Waals surface area contributed by atoms with Gasteiger partial charge in [0.15, 0.2) is 0 Å². The first-order valence-electron chi connectivity index (χ1n) is 10.2. The molecule has 1 saturated heterocycles. The number of hydrogen-bond acceptors (Lipinski definition) is 9. The van der Waals surface area contributed by atoms with Crippen LogP contribution in [0.4, 0.5) is 4.39 Å². The third kappa shape index (κ3) is 5.37. The summed E-state index contributed by atoms with van der Waals surface area (Å²) in [7, 11) is -3.13. The maximum Gasteiger partial charge on any atom is 0.344 e. The van der Waals surface area contributed by atoms with Crippen molar-refractivity contribution < 1.29 is 38.3 Å². The normalized spacial score (nSPS) is 25.1. The average molecular weight is 578 g/mol. The van der Waals surface area contributed by atoms with Crippen LogP contribution in [0.25, 0.3) is 0 Å². The van der Waals surface area contributed by atoms with E-state index in [4.69, 9.17) is 19.1 Å². The number of aliphatic hydroxyl groups is 1. The van der Waals surface area contributed by atoms with Gasteiger partial charge in [-0.1, -0.05) is 20.7 Å². The lowest BCUT2D eigenvalue weighted by Gasteiger charge is -2.43. The number of aromatic nitrogens is 2. The zero-order chi connectivity index (χ0) is 26.0. The highest BCUT2D eigenvalue weighted by Gasteiger charge is 2.73. The van der Waals surface area contributed by atoms with Gasteiger partial charge in [0.25, 0.3) is 17.1 Å². The van der Waals surface area contributed by atoms with Gasteiger partial charge in [-0.2, -0.15) is 4.39 Å². The molecule has 0 amide bonds. The van der Waals surface area contributed by atoms with Gasteiger partial charge in [-0.05, 0) is 31.2 Å². The van der Waals surface area contributed by atoms with Gasteiger partial charge in [-0.25, -0.2) is 4.79 Å². The largest absolute Gasteiger partial charge is 0.583 e. The molecule has 1 aromatic heterocycles. The molecule has 3 N–H and O–H groups in total. The predicted molar refractivity (Wildman–Crippen MR) is 121 cm³/mol. The molecule has 5 atom stereocenters. The van der Waals surface area contributed by atoms with Crippen LogP contribution >= 0.6 is 24.1 Å². The number of alkyl halides is 1. The van der Waals surface area contributed by atoms with Crippen LogP contribution in [0, 0.1) is 5.92 Å². The monoisotopic (exact) mass is 577 g/mol. The summed E-state index contributed by atoms with van der Waals surface area (Å²) >= 11 is 3.26. The van der Waals surface area contributed by atoms with Gasteiger partial charge in [0, 0.05) is 30.1 Å². The molecular weight excluding hydrogens is 556 g/mol. The van der Waals surface area contributed by atoms with Gasteiger partial charge in [0.2, 0.25) is 0 Å². The van der Waals surface area contributed by atoms with E-state index in [-0.39, 0.29) is 18.8 Å². The van der Waals surface area contributed by atoms with Crippen molar-refractivity contribution >= 4 is 30.1 Å². The van der Waals surface area contributed by atoms with E-state index < -0.39 is 55.2 Å². The Labute approximate surface area is 207 Å². The van der Waals surface area contributed by atoms with Crippen LogP contribution in [0.5, 0.6) is 5.75 Å². The van der Waals surface area contributed by atoms with Crippen LogP contribution in [-0.2, 0) is 19.8 Å². The molecule has 1 aromatic carbocycles. The van der Waals surface area contributed by atoms with Crippen LogP contribution in [0.3, 0.4) is 0 Å². The van der Waals surface area contributed by atoms with E-state index >= 15 is 4.39 Å². The lowest BCUT2D eigenvalue weighted by molar-refractivity contribution is -0.368. The van der Waals surface area contributed by atoms with Crippen molar-refractivity contribution in [2.24, 2.45) is 10.7 Å². The van der Waals surface area contributed by atoms with Crippen LogP contribution < -0.4 is 20.9 Å². The summed E-state index contributed by atoms with van der Waals surface area (Å²) in [6.07, 6.45) is 0.632. The van der Waals surface area contributed by atoms with Crippen molar-refractivity contribution in [1.82, 2.24) is 9.55 Å². The number of rotatable bonds is 9. The minimum atomic E-state index is -3.37. The van der Waals surface area contributed by atoms with Crippen molar-refractivity contribution in [2.45, 2.75) is 37.6 Å². The smallest absolute Gasteiger partial charge is 0.344 e. The Balaban J connectivity index is 2.09. The standard InChI is InChI=1S/C20H22BrFN3O9P/c1-12(16(27)28)11-23-35(31)34-18(2,30)20(22)19(8-10-32-20,25-9-7-15(26)24-17(25)29)33-14-5-3-13(21)4-6-14/h3-7,9,12,30H,8,10-11H2,1-2H3,(H,27,28)(H,24,26,29)/t12-,18-,19-,20-/m0/s1. The maximum absolute atomic E-state index is 16.8. The molecule has 0 bridgehead atoms. The first-order valence-corrected chi connectivity index (χ1v) is 12.1. The number of nitrogens with one attached hydrogen (secondary N) is 1. The summed E-state index contributed by atoms with van der Waals surface area (Å²) in [6.45, 7) is 1.31. The zero-order valence-corrected chi connectivity index (χ0v) is 21.0. The van der Waals surface area contributed by atoms with Crippen molar-refractivity contribution in [3.05, 3.63) is 61.8 Å². The number of aromatic amines is 1. The topological polar surface area (TPSA) is 175 Å². The van der Waals surface area contributed by atoms with Gasteiger partial charge < -0.3 is 24.6 Å². The Hall–Kier alpha value is -2.48. The molecule has 1 unspecified atom stereocenters. The second-order valence-corrected chi connectivity index (χ2v) is 9.75. The molecule has 15 heteroatoms. The minimum absolute atomic E-state index is 0.0685. The van der Waals surface area contributed by atoms with E-state index in [0.29, 0.717) is 9.04 Å². The molecule has 3 rings (SSSR count). The third-order valence-corrected chi connectivity index (χ3v) is 6.74. The van der Waals surface area contributed by atoms with Crippen molar-refractivity contribution in [3.8, 4) is 5.75 Å². The molecule has 0 aliphatic carbocycles. The number of aliphatic carboxylic acids is 1. The second kappa shape index (κ2) is 10.2. The number of nitrogens with zero attached hydrogens (tertiary/aromatic N) is 2. The average Bonchev–Trinajstić information content (AvgIpc) is 3.11. The zero-order valence-electron chi connectivity index (χ0n) is 18.5. The van der Waals surface area contributed by atoms with E-state index in [1.54, 1.807) is 12.1 Å². The first kappa shape index (κ1) is 27.1. The van der Waals surface area contributed by atoms with Gasteiger partial charge in [0.1, 0.15) is 5.75 Å². The van der Waals surface area contributed by atoms with E-state index in [0.717, 1.165) is 19.2 Å². The summed E-state index contributed by atoms with van der Waals surface area (Å²) in [5.41, 5.74) is -4.26. The van der Waals surface area contributed by atoms with Crippen molar-refractivity contribution in [1.29, 1.82) is 0 Å². The molecule has 35 heavy (non-hydrogen) atoms. The van der Waals surface area contributed by atoms with Crippen LogP contribution in [0.15, 0.2) is 55.3 Å². The summed E-state index contributed by atoms with van der Waals surface area (Å²) in [4.78, 5) is 49.6. The van der Waals surface area contributed by atoms with Crippen molar-refractivity contribution in [2.75, 3.05) is 13.2 Å². The highest BCUT2D eigenvalue weighted by atomic mass is 79.9. The quantitative estimate of drug-likeness (QED) is 0.294. The predicted octanol–water partition coefficient (Wildman–Crippen LogP) is 1.42. The molecule has 0 spiro atoms. The Morgan fingerprint density at radius 2 is 2.09 bits per heavy atom. The number of carboxylic acids is 1. The Bertz CT molecular complexity index is 1240. The summed E-state index contributed by atoms with van der Waals surface area (Å²) < 4.78 is 37.8. The SMILES string of the molecule is C[C@@H](CN=[P+]([O-])O[C@](C)(O)[C@]1(F)OCC[C@@]1(Oc1ccc(Br)cc1)n1ccc(=O)[nH]c1=O)C(=O)O. The maximum atomic E-state index is 16.8. The number of carboxylic acid groups (broad SMARTS) is 1. The Kier molecular flexibility index (Phi) is 7.94. The number of carbonyl (C=O) groups is 1. The second-order valence-electron chi connectivity index (χ2n) is 7.89. The number of hydrogen-bond donors (Lipinski definition) is 3. The number of H-pyrrole nitrogens is 1. The lowest BCUT2D eigenvalue weighted by Crippen LogP contribution is -2.67. The third-order valence-electron chi connectivity index (χ3n) is 5.30. The Morgan fingerprint density at radius 1 is 1.43 bits per heavy atom. The minimum Gasteiger partial charge on any atom is -0.583 e. The fourth-order valence-electron chi connectivity index (χ4n) is 3.45. The molecule has 1 aliphatic rings. The number of halogens is 2. The number of ether oxygens (including phenoxy) is 2. The lowest BCUT2D eigenvalue weighted by atomic mass is 9.95. The molecular formula is C20H22BrFN3O9P. The highest BCUT2D eigenvalue weighted by Crippen LogP contribution is 2.52. The van der Waals surface area contributed by atoms with Crippen LogP contribution in [-0.4, -0.2) is 50.5 Å². The fraction of sp³-hybridized carbons (Fsp3) is 0.450. The molecule has 2 aromatic rings. The van der Waals surface area contributed by atoms with E-state index in [1.807, 2.05) is 4.98 Å². The van der Waals surface area contributed by atoms with E-state index in [1.165, 1.54) is 19.1 Å². The van der Waals surface area contributed by atoms with Gasteiger partial charge in [-0.15, -0.1) is 4.52 Å². The molecule has 1 fully saturated rings. The highest BCUT2D eigenvalue weighted by molar-refractivity contribution is 9.10. The Morgan fingerprint density at radius 3 is 2.69 bits per heavy atom. The molecule has 0 saturated carbocycles. The van der Waals surface area contributed by atoms with Gasteiger partial charge in [-0.3, -0.25) is 19.1 Å². The van der Waals surface area contributed by atoms with Crippen molar-refractivity contribution in [3.63, 3.8) is 0 Å². The van der Waals surface area contributed by atoms with Crippen LogP contribution in [0.2, 0.25) is 0 Å². The number of benzene rings is 1. The molecule has 1 aliphatic heterocycles. The van der Waals surface area contributed by atoms with Crippen LogP contribution in [0.1, 0.15) is 20.3 Å². The summed E-state index contributed by atoms with van der Waals surface area (Å²) in [5.74, 6) is -8.54. The van der Waals surface area contributed by atoms with Gasteiger partial charge >= 0.3 is 25.7 Å². The first-order chi connectivity index (χ1) is 16.3. The molecule has 190 valence electrons. The molecule has 12 nitrogen and oxygen atoms in total. The molecule has 0 radical (unpaired) electrons. The summed E-state index contributed by atoms with van der Waals surface area (Å²) in [5, 5.41) is 20.0. The fourth-order valence-corrected chi connectivity index (χ4v) is 4.57. The molecule has 2 heterocycles. The van der Waals surface area contributed by atoms with E-state index in [2.05, 4.69) is 20.7 Å². The summed E-state index contributed by atoms with van der Waals surface area (Å²) in [6, 6.07) is 7.04. The van der Waals surface area contributed by atoms with E-state index in [9.17, 15) is 24.4 Å².